The lowest BCUT2D eigenvalue weighted by molar-refractivity contribution is 0.0587. The Morgan fingerprint density at radius 3 is 2.48 bits per heavy atom. The monoisotopic (exact) mass is 344 g/mol. The number of sulfonamides is 1. The zero-order valence-electron chi connectivity index (χ0n) is 13.4. The van der Waals surface area contributed by atoms with Crippen LogP contribution in [0.2, 0.25) is 0 Å². The lowest BCUT2D eigenvalue weighted by Gasteiger charge is -2.34. The molecule has 0 bridgehead atoms. The number of nitrogens with zero attached hydrogens (tertiary/aromatic N) is 1. The molecular weight excluding hydrogens is 319 g/mol. The Morgan fingerprint density at radius 2 is 1.91 bits per heavy atom. The molecule has 7 heteroatoms. The Bertz CT molecular complexity index is 584. The number of likely N-dealkylation sites (tertiary alicyclic amines) is 1. The first-order valence-corrected chi connectivity index (χ1v) is 9.85. The molecule has 1 heterocycles. The third kappa shape index (κ3) is 6.18. The maximum absolute atomic E-state index is 12.9. The van der Waals surface area contributed by atoms with E-state index in [1.807, 2.05) is 0 Å². The topological polar surface area (TPSA) is 69.6 Å². The molecule has 1 saturated heterocycles. The Balaban J connectivity index is 1.72. The second-order valence-corrected chi connectivity index (χ2v) is 8.03. The number of aliphatic hydroxyl groups excluding tert-OH is 1. The van der Waals surface area contributed by atoms with Gasteiger partial charge < -0.3 is 10.0 Å². The number of rotatable bonds is 7. The first-order chi connectivity index (χ1) is 10.8. The molecular formula is C16H25FN2O3S. The lowest BCUT2D eigenvalue weighted by atomic mass is 9.87. The van der Waals surface area contributed by atoms with Crippen molar-refractivity contribution in [3.8, 4) is 0 Å². The van der Waals surface area contributed by atoms with Gasteiger partial charge in [0.2, 0.25) is 10.0 Å². The van der Waals surface area contributed by atoms with Crippen LogP contribution >= 0.6 is 0 Å². The molecule has 5 nitrogen and oxygen atoms in total. The number of aliphatic hydroxyl groups is 1. The van der Waals surface area contributed by atoms with Gasteiger partial charge in [-0.3, -0.25) is 0 Å². The van der Waals surface area contributed by atoms with E-state index in [1.54, 1.807) is 12.1 Å². The average Bonchev–Trinajstić information content (AvgIpc) is 2.51. The maximum atomic E-state index is 12.9. The Kier molecular flexibility index (Phi) is 6.52. The number of nitrogens with one attached hydrogen (secondary N) is 1. The third-order valence-electron chi connectivity index (χ3n) is 4.31. The summed E-state index contributed by atoms with van der Waals surface area (Å²) in [5, 5.41) is 10.4. The molecule has 0 aliphatic carbocycles. The van der Waals surface area contributed by atoms with Gasteiger partial charge >= 0.3 is 0 Å². The van der Waals surface area contributed by atoms with E-state index in [2.05, 4.69) is 9.62 Å². The molecule has 0 amide bonds. The van der Waals surface area contributed by atoms with Gasteiger partial charge in [-0.15, -0.1) is 0 Å². The van der Waals surface area contributed by atoms with Crippen LogP contribution in [0.4, 0.5) is 4.39 Å². The summed E-state index contributed by atoms with van der Waals surface area (Å²) < 4.78 is 37.4. The van der Waals surface area contributed by atoms with Crippen LogP contribution in [0.25, 0.3) is 0 Å². The summed E-state index contributed by atoms with van der Waals surface area (Å²) in [5.74, 6) is -0.107. The highest BCUT2D eigenvalue weighted by Crippen LogP contribution is 2.30. The van der Waals surface area contributed by atoms with Crippen molar-refractivity contribution in [2.24, 2.45) is 5.92 Å². The molecule has 1 atom stereocenters. The number of benzene rings is 1. The van der Waals surface area contributed by atoms with Gasteiger partial charge in [0.15, 0.2) is 0 Å². The molecule has 130 valence electrons. The number of halogens is 1. The van der Waals surface area contributed by atoms with Gasteiger partial charge in [0.25, 0.3) is 0 Å². The fraction of sp³-hybridized carbons (Fsp3) is 0.625. The van der Waals surface area contributed by atoms with Crippen LogP contribution in [-0.4, -0.2) is 50.9 Å². The zero-order chi connectivity index (χ0) is 16.9. The molecule has 0 aromatic heterocycles. The molecule has 2 rings (SSSR count). The molecule has 1 aromatic carbocycles. The number of hydrogen-bond acceptors (Lipinski definition) is 4. The number of piperidine rings is 1. The fourth-order valence-electron chi connectivity index (χ4n) is 2.98. The quantitative estimate of drug-likeness (QED) is 0.736. The predicted molar refractivity (Wildman–Crippen MR) is 88.0 cm³/mol. The van der Waals surface area contributed by atoms with Gasteiger partial charge in [-0.1, -0.05) is 12.1 Å². The van der Waals surface area contributed by atoms with Gasteiger partial charge in [0.1, 0.15) is 5.82 Å². The fourth-order valence-corrected chi connectivity index (χ4v) is 3.50. The summed E-state index contributed by atoms with van der Waals surface area (Å²) in [6.45, 7) is 3.09. The minimum Gasteiger partial charge on any atom is -0.388 e. The highest BCUT2D eigenvalue weighted by molar-refractivity contribution is 7.88. The molecule has 0 radical (unpaired) electrons. The molecule has 1 aliphatic heterocycles. The molecule has 0 saturated carbocycles. The van der Waals surface area contributed by atoms with E-state index < -0.39 is 16.1 Å². The van der Waals surface area contributed by atoms with E-state index in [1.165, 1.54) is 12.1 Å². The van der Waals surface area contributed by atoms with E-state index in [0.717, 1.165) is 50.7 Å². The van der Waals surface area contributed by atoms with Gasteiger partial charge in [0, 0.05) is 6.54 Å². The first kappa shape index (κ1) is 18.3. The standard InChI is InChI=1S/C16H25FN2O3S/c1-23(21,22)18-9-2-10-19-11-7-14(8-12-19)16(20)13-3-5-15(17)6-4-13/h3-6,14,16,18,20H,2,7-12H2,1H3. The molecule has 0 spiro atoms. The largest absolute Gasteiger partial charge is 0.388 e. The van der Waals surface area contributed by atoms with Crippen molar-refractivity contribution in [3.05, 3.63) is 35.6 Å². The van der Waals surface area contributed by atoms with Crippen LogP contribution in [0, 0.1) is 11.7 Å². The van der Waals surface area contributed by atoms with Crippen molar-refractivity contribution in [2.75, 3.05) is 32.4 Å². The lowest BCUT2D eigenvalue weighted by Crippen LogP contribution is -2.37. The molecule has 1 fully saturated rings. The van der Waals surface area contributed by atoms with Gasteiger partial charge in [-0.25, -0.2) is 17.5 Å². The predicted octanol–water partition coefficient (Wildman–Crippen LogP) is 1.51. The average molecular weight is 344 g/mol. The van der Waals surface area contributed by atoms with Crippen molar-refractivity contribution in [1.82, 2.24) is 9.62 Å². The van der Waals surface area contributed by atoms with Gasteiger partial charge in [-0.05, 0) is 62.5 Å². The van der Waals surface area contributed by atoms with Crippen LogP contribution in [0.5, 0.6) is 0 Å². The Labute approximate surface area is 137 Å². The maximum Gasteiger partial charge on any atom is 0.208 e. The van der Waals surface area contributed by atoms with Crippen molar-refractivity contribution in [3.63, 3.8) is 0 Å². The van der Waals surface area contributed by atoms with Crippen molar-refractivity contribution in [2.45, 2.75) is 25.4 Å². The van der Waals surface area contributed by atoms with Crippen LogP contribution < -0.4 is 4.72 Å². The zero-order valence-corrected chi connectivity index (χ0v) is 14.2. The van der Waals surface area contributed by atoms with Crippen molar-refractivity contribution in [1.29, 1.82) is 0 Å². The highest BCUT2D eigenvalue weighted by atomic mass is 32.2. The molecule has 2 N–H and O–H groups in total. The summed E-state index contributed by atoms with van der Waals surface area (Å²) in [5.41, 5.74) is 0.766. The van der Waals surface area contributed by atoms with E-state index in [9.17, 15) is 17.9 Å². The van der Waals surface area contributed by atoms with E-state index in [4.69, 9.17) is 0 Å². The second kappa shape index (κ2) is 8.19. The summed E-state index contributed by atoms with van der Waals surface area (Å²) in [7, 11) is -3.11. The summed E-state index contributed by atoms with van der Waals surface area (Å²) in [6.07, 6.45) is 3.16. The van der Waals surface area contributed by atoms with Crippen molar-refractivity contribution < 1.29 is 17.9 Å². The Hall–Kier alpha value is -1.02. The summed E-state index contributed by atoms with van der Waals surface area (Å²) >= 11 is 0. The molecule has 1 aromatic rings. The molecule has 23 heavy (non-hydrogen) atoms. The van der Waals surface area contributed by atoms with E-state index in [-0.39, 0.29) is 11.7 Å². The SMILES string of the molecule is CS(=O)(=O)NCCCN1CCC(C(O)c2ccc(F)cc2)CC1. The van der Waals surface area contributed by atoms with Crippen LogP contribution in [0.15, 0.2) is 24.3 Å². The third-order valence-corrected chi connectivity index (χ3v) is 5.03. The minimum atomic E-state index is -3.11. The highest BCUT2D eigenvalue weighted by Gasteiger charge is 2.26. The molecule has 1 aliphatic rings. The smallest absolute Gasteiger partial charge is 0.208 e. The normalized spacial score (nSPS) is 18.9. The van der Waals surface area contributed by atoms with E-state index in [0.29, 0.717) is 6.54 Å². The van der Waals surface area contributed by atoms with Crippen molar-refractivity contribution >= 4 is 10.0 Å². The van der Waals surface area contributed by atoms with Crippen LogP contribution in [0.3, 0.4) is 0 Å². The van der Waals surface area contributed by atoms with Gasteiger partial charge in [-0.2, -0.15) is 0 Å². The van der Waals surface area contributed by atoms with Crippen LogP contribution in [0.1, 0.15) is 30.9 Å². The first-order valence-electron chi connectivity index (χ1n) is 7.95. The van der Waals surface area contributed by atoms with E-state index >= 15 is 0 Å². The van der Waals surface area contributed by atoms with Crippen LogP contribution in [-0.2, 0) is 10.0 Å². The summed E-state index contributed by atoms with van der Waals surface area (Å²) in [6, 6.07) is 6.04. The second-order valence-electron chi connectivity index (χ2n) is 6.20. The van der Waals surface area contributed by atoms with Gasteiger partial charge in [0.05, 0.1) is 12.4 Å². The Morgan fingerprint density at radius 1 is 1.30 bits per heavy atom. The number of hydrogen-bond donors (Lipinski definition) is 2. The minimum absolute atomic E-state index is 0.186. The summed E-state index contributed by atoms with van der Waals surface area (Å²) in [4.78, 5) is 2.29. The molecule has 1 unspecified atom stereocenters.